The van der Waals surface area contributed by atoms with Crippen molar-refractivity contribution in [3.8, 4) is 11.1 Å². The Balaban J connectivity index is 1.25. The Labute approximate surface area is 230 Å². The lowest BCUT2D eigenvalue weighted by Crippen LogP contribution is -2.46. The van der Waals surface area contributed by atoms with Gasteiger partial charge < -0.3 is 20.7 Å². The highest BCUT2D eigenvalue weighted by atomic mass is 16.3. The average molecular weight is 542 g/mol. The van der Waals surface area contributed by atoms with Crippen LogP contribution in [-0.4, -0.2) is 68.5 Å². The summed E-state index contributed by atoms with van der Waals surface area (Å²) in [5, 5.41) is 23.1. The molecule has 6 heterocycles. The van der Waals surface area contributed by atoms with Crippen LogP contribution in [0.5, 0.6) is 0 Å². The highest BCUT2D eigenvalue weighted by Gasteiger charge is 2.46. The van der Waals surface area contributed by atoms with Crippen LogP contribution in [0.15, 0.2) is 30.9 Å². The second-order valence-electron chi connectivity index (χ2n) is 11.4. The topological polar surface area (TPSA) is 168 Å². The van der Waals surface area contributed by atoms with Crippen molar-refractivity contribution in [1.82, 2.24) is 39.7 Å². The number of anilines is 1. The molecule has 0 spiro atoms. The van der Waals surface area contributed by atoms with E-state index in [1.54, 1.807) is 12.4 Å². The van der Waals surface area contributed by atoms with Crippen LogP contribution in [0.1, 0.15) is 96.6 Å². The second-order valence-corrected chi connectivity index (χ2v) is 11.4. The first-order chi connectivity index (χ1) is 19.3. The number of nitrogens with one attached hydrogen (secondary N) is 1. The number of carbonyl (C=O) groups is 2. The number of carbonyl (C=O) groups excluding carboxylic acids is 2. The number of pyridine rings is 1. The van der Waals surface area contributed by atoms with E-state index in [-0.39, 0.29) is 41.3 Å². The zero-order chi connectivity index (χ0) is 27.6. The Morgan fingerprint density at radius 2 is 1.88 bits per heavy atom. The third kappa shape index (κ3) is 3.80. The van der Waals surface area contributed by atoms with Crippen LogP contribution in [0.25, 0.3) is 16.8 Å². The fourth-order valence-electron chi connectivity index (χ4n) is 7.10. The lowest BCUT2D eigenvalue weighted by molar-refractivity contribution is 0.0399. The minimum absolute atomic E-state index is 0.0166. The number of piperidine rings is 1. The highest BCUT2D eigenvalue weighted by Crippen LogP contribution is 2.45. The maximum absolute atomic E-state index is 13.1. The van der Waals surface area contributed by atoms with Crippen molar-refractivity contribution in [2.75, 3.05) is 5.73 Å². The van der Waals surface area contributed by atoms with E-state index in [1.807, 2.05) is 17.0 Å². The number of nitrogens with two attached hydrogens (primary N) is 1. The fourth-order valence-corrected chi connectivity index (χ4v) is 7.10. The summed E-state index contributed by atoms with van der Waals surface area (Å²) in [5.74, 6) is 0.155. The largest absolute Gasteiger partial charge is 0.384 e. The Morgan fingerprint density at radius 1 is 1.12 bits per heavy atom. The number of H-pyrrole nitrogens is 1. The van der Waals surface area contributed by atoms with Gasteiger partial charge in [0.05, 0.1) is 23.1 Å². The molecule has 3 fully saturated rings. The van der Waals surface area contributed by atoms with Crippen LogP contribution >= 0.6 is 0 Å². The molecule has 1 saturated carbocycles. The molecule has 12 nitrogen and oxygen atoms in total. The predicted octanol–water partition coefficient (Wildman–Crippen LogP) is 3.01. The van der Waals surface area contributed by atoms with Gasteiger partial charge in [-0.25, -0.2) is 4.98 Å². The summed E-state index contributed by atoms with van der Waals surface area (Å²) in [7, 11) is 0. The van der Waals surface area contributed by atoms with Crippen LogP contribution in [0, 0.1) is 0 Å². The van der Waals surface area contributed by atoms with Crippen molar-refractivity contribution >= 4 is 23.2 Å². The molecule has 2 aliphatic heterocycles. The molecule has 4 aromatic rings. The molecule has 7 rings (SSSR count). The molecule has 12 heteroatoms. The van der Waals surface area contributed by atoms with Gasteiger partial charge in [-0.15, -0.1) is 10.2 Å². The van der Waals surface area contributed by atoms with E-state index >= 15 is 0 Å². The normalized spacial score (nSPS) is 23.6. The number of amides is 1. The third-order valence-corrected chi connectivity index (χ3v) is 9.02. The zero-order valence-corrected chi connectivity index (χ0v) is 22.2. The van der Waals surface area contributed by atoms with Gasteiger partial charge in [0.2, 0.25) is 5.82 Å². The third-order valence-electron chi connectivity index (χ3n) is 9.02. The number of aliphatic hydroxyl groups is 1. The van der Waals surface area contributed by atoms with Crippen LogP contribution in [-0.2, 0) is 5.60 Å². The van der Waals surface area contributed by atoms with E-state index < -0.39 is 5.60 Å². The van der Waals surface area contributed by atoms with Gasteiger partial charge in [0.1, 0.15) is 17.7 Å². The molecular weight excluding hydrogens is 510 g/mol. The molecule has 2 saturated heterocycles. The molecular formula is C28H31N9O3. The summed E-state index contributed by atoms with van der Waals surface area (Å²) in [6, 6.07) is 3.84. The van der Waals surface area contributed by atoms with Gasteiger partial charge in [0.25, 0.3) is 5.91 Å². The van der Waals surface area contributed by atoms with Crippen molar-refractivity contribution in [2.24, 2.45) is 0 Å². The van der Waals surface area contributed by atoms with Gasteiger partial charge in [-0.3, -0.25) is 14.6 Å². The number of nitrogen functional groups attached to an aromatic ring is 1. The molecule has 1 amide bonds. The molecule has 0 radical (unpaired) electrons. The molecule has 3 aliphatic rings. The van der Waals surface area contributed by atoms with Gasteiger partial charge in [-0.2, -0.15) is 9.61 Å². The minimum Gasteiger partial charge on any atom is -0.384 e. The number of rotatable bonds is 5. The quantitative estimate of drug-likeness (QED) is 0.322. The van der Waals surface area contributed by atoms with E-state index in [1.165, 1.54) is 17.8 Å². The van der Waals surface area contributed by atoms with Crippen LogP contribution < -0.4 is 5.73 Å². The summed E-state index contributed by atoms with van der Waals surface area (Å²) in [5.41, 5.74) is 9.55. The number of hydrogen-bond acceptors (Lipinski definition) is 9. The molecule has 1 aliphatic carbocycles. The summed E-state index contributed by atoms with van der Waals surface area (Å²) in [6.45, 7) is 1.50. The number of aromatic nitrogens is 7. The van der Waals surface area contributed by atoms with Crippen molar-refractivity contribution in [1.29, 1.82) is 0 Å². The number of hydrogen-bond donors (Lipinski definition) is 3. The van der Waals surface area contributed by atoms with Gasteiger partial charge in [-0.05, 0) is 51.5 Å². The molecule has 0 aromatic carbocycles. The van der Waals surface area contributed by atoms with Gasteiger partial charge >= 0.3 is 0 Å². The molecule has 4 N–H and O–H groups in total. The van der Waals surface area contributed by atoms with Crippen LogP contribution in [0.3, 0.4) is 0 Å². The second kappa shape index (κ2) is 9.19. The van der Waals surface area contributed by atoms with E-state index in [4.69, 9.17) is 10.7 Å². The SMILES string of the molecule is CC(=O)c1c([C@H]2C[C@H]3CC[C@@H](C2)N3C(=O)c2nnc[nH]2)nc2c(-c3ccc(C4(O)CCCC4)nc3)cnn2c1N. The molecule has 40 heavy (non-hydrogen) atoms. The van der Waals surface area contributed by atoms with E-state index in [2.05, 4.69) is 25.3 Å². The van der Waals surface area contributed by atoms with Crippen molar-refractivity contribution < 1.29 is 14.7 Å². The maximum Gasteiger partial charge on any atom is 0.292 e. The van der Waals surface area contributed by atoms with Gasteiger partial charge in [-0.1, -0.05) is 18.9 Å². The monoisotopic (exact) mass is 541 g/mol. The van der Waals surface area contributed by atoms with Crippen molar-refractivity contribution in [2.45, 2.75) is 81.9 Å². The highest BCUT2D eigenvalue weighted by molar-refractivity contribution is 6.00. The Morgan fingerprint density at radius 3 is 2.50 bits per heavy atom. The summed E-state index contributed by atoms with van der Waals surface area (Å²) in [4.78, 5) is 40.4. The first-order valence-electron chi connectivity index (χ1n) is 13.9. The standard InChI is InChI=1S/C28H31N9O3/c1-15(38)22-23(17-10-18-5-6-19(11-17)36(18)27(39)25-31-14-32-35-25)34-26-20(13-33-37(26)24(22)29)16-4-7-21(30-12-16)28(40)8-2-3-9-28/h4,7,12-14,17-19,40H,2-3,5-6,8-11,29H2,1H3,(H,31,32,35)/t17-,18+,19-. The van der Waals surface area contributed by atoms with E-state index in [9.17, 15) is 14.7 Å². The molecule has 3 atom stereocenters. The minimum atomic E-state index is -0.866. The van der Waals surface area contributed by atoms with E-state index in [0.29, 0.717) is 35.4 Å². The lowest BCUT2D eigenvalue weighted by Gasteiger charge is -2.38. The van der Waals surface area contributed by atoms with Gasteiger partial charge in [0, 0.05) is 35.3 Å². The number of aromatic amines is 1. The fraction of sp³-hybridized carbons (Fsp3) is 0.464. The Bertz CT molecular complexity index is 1590. The Kier molecular flexibility index (Phi) is 5.70. The number of nitrogens with zero attached hydrogens (tertiary/aromatic N) is 7. The summed E-state index contributed by atoms with van der Waals surface area (Å²) < 4.78 is 1.52. The van der Waals surface area contributed by atoms with Crippen molar-refractivity contribution in [3.63, 3.8) is 0 Å². The number of fused-ring (bicyclic) bond motifs is 3. The maximum atomic E-state index is 13.1. The predicted molar refractivity (Wildman–Crippen MR) is 144 cm³/mol. The Hall–Kier alpha value is -4.19. The average Bonchev–Trinajstić information content (AvgIpc) is 3.75. The summed E-state index contributed by atoms with van der Waals surface area (Å²) in [6.07, 6.45) is 11.4. The first kappa shape index (κ1) is 24.8. The van der Waals surface area contributed by atoms with E-state index in [0.717, 1.165) is 49.7 Å². The lowest BCUT2D eigenvalue weighted by atomic mass is 9.85. The smallest absolute Gasteiger partial charge is 0.292 e. The zero-order valence-electron chi connectivity index (χ0n) is 22.2. The van der Waals surface area contributed by atoms with Crippen LogP contribution in [0.2, 0.25) is 0 Å². The molecule has 0 unspecified atom stereocenters. The van der Waals surface area contributed by atoms with Gasteiger partial charge in [0.15, 0.2) is 11.4 Å². The first-order valence-corrected chi connectivity index (χ1v) is 13.9. The molecule has 4 aromatic heterocycles. The summed E-state index contributed by atoms with van der Waals surface area (Å²) >= 11 is 0. The number of ketones is 1. The van der Waals surface area contributed by atoms with Crippen LogP contribution in [0.4, 0.5) is 5.82 Å². The number of Topliss-reactive ketones (excluding diaryl/α,β-unsaturated/α-hetero) is 1. The molecule has 206 valence electrons. The van der Waals surface area contributed by atoms with Crippen molar-refractivity contribution in [3.05, 3.63) is 53.6 Å². The molecule has 2 bridgehead atoms.